The summed E-state index contributed by atoms with van der Waals surface area (Å²) in [5.74, 6) is -0.420. The molecule has 0 saturated carbocycles. The molecule has 3 rings (SSSR count). The Bertz CT molecular complexity index is 1000. The number of ether oxygens (including phenoxy) is 1. The average Bonchev–Trinajstić information content (AvgIpc) is 3.04. The van der Waals surface area contributed by atoms with Crippen molar-refractivity contribution in [2.75, 3.05) is 29.6 Å². The zero-order valence-electron chi connectivity index (χ0n) is 15.7. The molecule has 1 N–H and O–H groups in total. The van der Waals surface area contributed by atoms with Crippen LogP contribution in [0.25, 0.3) is 0 Å². The van der Waals surface area contributed by atoms with E-state index in [9.17, 15) is 18.0 Å². The summed E-state index contributed by atoms with van der Waals surface area (Å²) in [7, 11) is -3.37. The van der Waals surface area contributed by atoms with Gasteiger partial charge in [-0.25, -0.2) is 8.42 Å². The Labute approximate surface area is 164 Å². The zero-order chi connectivity index (χ0) is 20.3. The first-order valence-corrected chi connectivity index (χ1v) is 10.8. The fourth-order valence-electron chi connectivity index (χ4n) is 3.12. The summed E-state index contributed by atoms with van der Waals surface area (Å²) in [5, 5.41) is 2.72. The summed E-state index contributed by atoms with van der Waals surface area (Å²) < 4.78 is 28.9. The molecule has 1 aliphatic rings. The lowest BCUT2D eigenvalue weighted by Gasteiger charge is -2.20. The van der Waals surface area contributed by atoms with Crippen LogP contribution in [0.15, 0.2) is 53.4 Å². The van der Waals surface area contributed by atoms with Gasteiger partial charge in [-0.3, -0.25) is 9.59 Å². The predicted octanol–water partition coefficient (Wildman–Crippen LogP) is 2.48. The number of amides is 2. The molecule has 1 heterocycles. The second kappa shape index (κ2) is 8.02. The minimum atomic E-state index is -3.37. The number of nitrogens with zero attached hydrogens (tertiary/aromatic N) is 1. The summed E-state index contributed by atoms with van der Waals surface area (Å²) in [6.45, 7) is 2.57. The lowest BCUT2D eigenvalue weighted by molar-refractivity contribution is -0.122. The second-order valence-electron chi connectivity index (χ2n) is 6.60. The molecular formula is C20H22N2O5S. The number of nitrogens with one attached hydrogen (secondary N) is 1. The Balaban J connectivity index is 1.74. The van der Waals surface area contributed by atoms with Crippen molar-refractivity contribution >= 4 is 33.0 Å². The molecule has 148 valence electrons. The van der Waals surface area contributed by atoms with Crippen molar-refractivity contribution in [2.45, 2.75) is 18.2 Å². The third-order valence-corrected chi connectivity index (χ3v) is 5.59. The Morgan fingerprint density at radius 3 is 2.68 bits per heavy atom. The maximum atomic E-state index is 12.6. The van der Waals surface area contributed by atoms with Crippen LogP contribution >= 0.6 is 0 Å². The number of hydrogen-bond acceptors (Lipinski definition) is 5. The fraction of sp³-hybridized carbons (Fsp3) is 0.300. The third kappa shape index (κ3) is 4.33. The fourth-order valence-corrected chi connectivity index (χ4v) is 3.79. The largest absolute Gasteiger partial charge is 0.492 e. The molecule has 1 atom stereocenters. The monoisotopic (exact) mass is 402 g/mol. The lowest BCUT2D eigenvalue weighted by Crippen LogP contribution is -2.28. The maximum Gasteiger partial charge on any atom is 0.229 e. The number of sulfone groups is 1. The van der Waals surface area contributed by atoms with Crippen molar-refractivity contribution in [3.8, 4) is 5.75 Å². The molecule has 0 bridgehead atoms. The Kier molecular flexibility index (Phi) is 5.69. The van der Waals surface area contributed by atoms with E-state index in [1.54, 1.807) is 29.2 Å². The van der Waals surface area contributed by atoms with E-state index in [-0.39, 0.29) is 29.7 Å². The second-order valence-corrected chi connectivity index (χ2v) is 8.61. The highest BCUT2D eigenvalue weighted by atomic mass is 32.2. The van der Waals surface area contributed by atoms with Gasteiger partial charge >= 0.3 is 0 Å². The Morgan fingerprint density at radius 2 is 1.96 bits per heavy atom. The summed E-state index contributed by atoms with van der Waals surface area (Å²) in [6, 6.07) is 13.3. The third-order valence-electron chi connectivity index (χ3n) is 4.48. The maximum absolute atomic E-state index is 12.6. The standard InChI is InChI=1S/C20H22N2O5S/c1-3-27-18-10-5-4-9-17(18)22-13-14(11-19(22)23)20(24)21-15-7-6-8-16(12-15)28(2,25)26/h4-10,12,14H,3,11,13H2,1-2H3,(H,21,24)/t14-/m0/s1. The van der Waals surface area contributed by atoms with Gasteiger partial charge in [-0.2, -0.15) is 0 Å². The van der Waals surface area contributed by atoms with Gasteiger partial charge in [0.15, 0.2) is 9.84 Å². The summed E-state index contributed by atoms with van der Waals surface area (Å²) in [4.78, 5) is 26.8. The van der Waals surface area contributed by atoms with Crippen molar-refractivity contribution in [3.63, 3.8) is 0 Å². The van der Waals surface area contributed by atoms with Gasteiger partial charge in [0.2, 0.25) is 11.8 Å². The zero-order valence-corrected chi connectivity index (χ0v) is 16.5. The van der Waals surface area contributed by atoms with Gasteiger partial charge in [-0.05, 0) is 37.3 Å². The minimum Gasteiger partial charge on any atom is -0.492 e. The summed E-state index contributed by atoms with van der Waals surface area (Å²) in [6.07, 6.45) is 1.19. The van der Waals surface area contributed by atoms with Crippen molar-refractivity contribution in [1.29, 1.82) is 0 Å². The topological polar surface area (TPSA) is 92.8 Å². The van der Waals surface area contributed by atoms with E-state index in [1.807, 2.05) is 19.1 Å². The molecule has 8 heteroatoms. The molecule has 0 spiro atoms. The molecular weight excluding hydrogens is 380 g/mol. The molecule has 28 heavy (non-hydrogen) atoms. The first-order valence-electron chi connectivity index (χ1n) is 8.92. The van der Waals surface area contributed by atoms with Crippen LogP contribution in [-0.4, -0.2) is 39.6 Å². The lowest BCUT2D eigenvalue weighted by atomic mass is 10.1. The highest BCUT2D eigenvalue weighted by molar-refractivity contribution is 7.90. The minimum absolute atomic E-state index is 0.0814. The molecule has 0 radical (unpaired) electrons. The number of anilines is 2. The molecule has 1 aliphatic heterocycles. The highest BCUT2D eigenvalue weighted by Gasteiger charge is 2.36. The van der Waals surface area contributed by atoms with Crippen LogP contribution in [-0.2, 0) is 19.4 Å². The SMILES string of the molecule is CCOc1ccccc1N1C[C@@H](C(=O)Nc2cccc(S(C)(=O)=O)c2)CC1=O. The Morgan fingerprint density at radius 1 is 1.21 bits per heavy atom. The molecule has 2 aromatic rings. The molecule has 0 aliphatic carbocycles. The molecule has 0 unspecified atom stereocenters. The van der Waals surface area contributed by atoms with Crippen LogP contribution < -0.4 is 15.0 Å². The van der Waals surface area contributed by atoms with Crippen LogP contribution in [0.2, 0.25) is 0 Å². The van der Waals surface area contributed by atoms with Crippen LogP contribution in [0.5, 0.6) is 5.75 Å². The van der Waals surface area contributed by atoms with Gasteiger partial charge in [0.25, 0.3) is 0 Å². The van der Waals surface area contributed by atoms with E-state index >= 15 is 0 Å². The highest BCUT2D eigenvalue weighted by Crippen LogP contribution is 2.33. The van der Waals surface area contributed by atoms with Gasteiger partial charge in [0.05, 0.1) is 23.1 Å². The molecule has 7 nitrogen and oxygen atoms in total. The van der Waals surface area contributed by atoms with Gasteiger partial charge in [-0.1, -0.05) is 18.2 Å². The first kappa shape index (κ1) is 19.9. The van der Waals surface area contributed by atoms with Crippen molar-refractivity contribution in [3.05, 3.63) is 48.5 Å². The Hall–Kier alpha value is -2.87. The van der Waals surface area contributed by atoms with E-state index in [4.69, 9.17) is 4.74 Å². The van der Waals surface area contributed by atoms with Crippen molar-refractivity contribution in [1.82, 2.24) is 0 Å². The molecule has 0 aromatic heterocycles. The van der Waals surface area contributed by atoms with Crippen LogP contribution in [0, 0.1) is 5.92 Å². The van der Waals surface area contributed by atoms with Crippen LogP contribution in [0.3, 0.4) is 0 Å². The number of para-hydroxylation sites is 2. The van der Waals surface area contributed by atoms with Gasteiger partial charge in [0.1, 0.15) is 5.75 Å². The van der Waals surface area contributed by atoms with E-state index in [1.165, 1.54) is 12.1 Å². The van der Waals surface area contributed by atoms with Gasteiger partial charge in [-0.15, -0.1) is 0 Å². The average molecular weight is 402 g/mol. The van der Waals surface area contributed by atoms with Gasteiger partial charge in [0, 0.05) is 24.9 Å². The number of rotatable bonds is 6. The predicted molar refractivity (Wildman–Crippen MR) is 106 cm³/mol. The van der Waals surface area contributed by atoms with Crippen LogP contribution in [0.1, 0.15) is 13.3 Å². The van der Waals surface area contributed by atoms with E-state index in [0.29, 0.717) is 23.7 Å². The first-order chi connectivity index (χ1) is 13.3. The number of hydrogen-bond donors (Lipinski definition) is 1. The summed E-state index contributed by atoms with van der Waals surface area (Å²) >= 11 is 0. The summed E-state index contributed by atoms with van der Waals surface area (Å²) in [5.41, 5.74) is 1.03. The van der Waals surface area contributed by atoms with Crippen molar-refractivity contribution in [2.24, 2.45) is 5.92 Å². The molecule has 2 aromatic carbocycles. The quantitative estimate of drug-likeness (QED) is 0.801. The molecule has 2 amide bonds. The van der Waals surface area contributed by atoms with E-state index < -0.39 is 15.8 Å². The number of benzene rings is 2. The molecule has 1 fully saturated rings. The smallest absolute Gasteiger partial charge is 0.229 e. The van der Waals surface area contributed by atoms with E-state index in [2.05, 4.69) is 5.32 Å². The molecule has 1 saturated heterocycles. The van der Waals surface area contributed by atoms with E-state index in [0.717, 1.165) is 6.26 Å². The number of carbonyl (C=O) groups is 2. The van der Waals surface area contributed by atoms with Crippen molar-refractivity contribution < 1.29 is 22.7 Å². The number of carbonyl (C=O) groups excluding carboxylic acids is 2. The van der Waals surface area contributed by atoms with Gasteiger partial charge < -0.3 is 15.0 Å². The van der Waals surface area contributed by atoms with Crippen LogP contribution in [0.4, 0.5) is 11.4 Å². The normalized spacial score (nSPS) is 16.9.